The average Bonchev–Trinajstić information content (AvgIpc) is 2.58. The monoisotopic (exact) mass is 311 g/mol. The fourth-order valence-electron chi connectivity index (χ4n) is 1.36. The summed E-state index contributed by atoms with van der Waals surface area (Å²) in [5.74, 6) is -0.619. The first-order valence-corrected chi connectivity index (χ1v) is 8.68. The topological polar surface area (TPSA) is 150 Å². The summed E-state index contributed by atoms with van der Waals surface area (Å²) in [6, 6.07) is 0. The lowest BCUT2D eigenvalue weighted by Gasteiger charge is -2.04. The first-order chi connectivity index (χ1) is 8.65. The maximum Gasteiger partial charge on any atom is 0.245 e. The minimum absolute atomic E-state index is 0.128. The Hall–Kier alpha value is -1.17. The lowest BCUT2D eigenvalue weighted by atomic mass is 10.5. The molecule has 0 aliphatic rings. The van der Waals surface area contributed by atoms with Gasteiger partial charge in [-0.3, -0.25) is 4.68 Å². The van der Waals surface area contributed by atoms with Crippen molar-refractivity contribution in [3.63, 3.8) is 0 Å². The van der Waals surface area contributed by atoms with Crippen molar-refractivity contribution in [2.24, 2.45) is 5.14 Å². The molecule has 11 heteroatoms. The molecular formula is C8H17N5O4S2. The second-order valence-electron chi connectivity index (χ2n) is 3.91. The van der Waals surface area contributed by atoms with Crippen molar-refractivity contribution in [2.75, 3.05) is 18.0 Å². The highest BCUT2D eigenvalue weighted by Crippen LogP contribution is 2.15. The van der Waals surface area contributed by atoms with E-state index in [1.54, 1.807) is 0 Å². The zero-order chi connectivity index (χ0) is 14.7. The highest BCUT2D eigenvalue weighted by Gasteiger charge is 2.21. The van der Waals surface area contributed by atoms with Gasteiger partial charge in [-0.05, 0) is 6.42 Å². The van der Waals surface area contributed by atoms with Crippen molar-refractivity contribution in [3.05, 3.63) is 6.20 Å². The van der Waals surface area contributed by atoms with Crippen LogP contribution in [-0.2, 0) is 26.6 Å². The molecule has 0 amide bonds. The van der Waals surface area contributed by atoms with Crippen molar-refractivity contribution in [1.29, 1.82) is 0 Å². The molecule has 0 fully saturated rings. The zero-order valence-corrected chi connectivity index (χ0v) is 12.0. The van der Waals surface area contributed by atoms with Crippen LogP contribution >= 0.6 is 0 Å². The van der Waals surface area contributed by atoms with E-state index in [1.807, 2.05) is 6.92 Å². The van der Waals surface area contributed by atoms with E-state index in [0.717, 1.165) is 6.42 Å². The normalized spacial score (nSPS) is 12.7. The van der Waals surface area contributed by atoms with Crippen LogP contribution in [0.25, 0.3) is 0 Å². The number of anilines is 1. The molecule has 0 aliphatic carbocycles. The third-order valence-corrected chi connectivity index (χ3v) is 4.43. The number of hydrogen-bond donors (Lipinski definition) is 3. The molecule has 5 N–H and O–H groups in total. The second kappa shape index (κ2) is 5.86. The summed E-state index contributed by atoms with van der Waals surface area (Å²) in [5, 5.41) is 8.63. The smallest absolute Gasteiger partial charge is 0.245 e. The van der Waals surface area contributed by atoms with E-state index in [-0.39, 0.29) is 17.3 Å². The fraction of sp³-hybridized carbons (Fsp3) is 0.625. The molecule has 0 unspecified atom stereocenters. The van der Waals surface area contributed by atoms with Crippen molar-refractivity contribution in [3.8, 4) is 0 Å². The molecule has 0 aromatic carbocycles. The lowest BCUT2D eigenvalue weighted by molar-refractivity contribution is 0.579. The van der Waals surface area contributed by atoms with Crippen LogP contribution in [0.3, 0.4) is 0 Å². The van der Waals surface area contributed by atoms with Crippen molar-refractivity contribution >= 4 is 25.9 Å². The number of aromatic nitrogens is 2. The molecule has 1 aromatic heterocycles. The largest absolute Gasteiger partial charge is 0.381 e. The number of nitrogen functional groups attached to an aromatic ring is 1. The van der Waals surface area contributed by atoms with Gasteiger partial charge in [-0.25, -0.2) is 26.7 Å². The Kier molecular flexibility index (Phi) is 4.90. The molecule has 0 radical (unpaired) electrons. The van der Waals surface area contributed by atoms with Crippen molar-refractivity contribution in [2.45, 2.75) is 24.8 Å². The highest BCUT2D eigenvalue weighted by atomic mass is 32.2. The molecule has 0 atom stereocenters. The second-order valence-corrected chi connectivity index (χ2v) is 7.38. The van der Waals surface area contributed by atoms with Crippen LogP contribution < -0.4 is 15.6 Å². The van der Waals surface area contributed by atoms with E-state index in [0.29, 0.717) is 6.54 Å². The molecule has 0 saturated carbocycles. The summed E-state index contributed by atoms with van der Waals surface area (Å²) in [5.41, 5.74) is 5.52. The lowest BCUT2D eigenvalue weighted by Crippen LogP contribution is -2.31. The number of primary sulfonamides is 1. The Morgan fingerprint density at radius 2 is 2.00 bits per heavy atom. The quantitative estimate of drug-likeness (QED) is 0.554. The maximum atomic E-state index is 11.9. The summed E-state index contributed by atoms with van der Waals surface area (Å²) >= 11 is 0. The van der Waals surface area contributed by atoms with Crippen LogP contribution in [-0.4, -0.2) is 38.9 Å². The molecule has 19 heavy (non-hydrogen) atoms. The van der Waals surface area contributed by atoms with E-state index in [9.17, 15) is 16.8 Å². The molecule has 1 aromatic rings. The maximum absolute atomic E-state index is 11.9. The Balaban J connectivity index is 2.82. The van der Waals surface area contributed by atoms with Gasteiger partial charge < -0.3 is 5.73 Å². The van der Waals surface area contributed by atoms with Gasteiger partial charge in [0, 0.05) is 19.3 Å². The first kappa shape index (κ1) is 15.9. The molecule has 1 rings (SSSR count). The Labute approximate surface area is 112 Å². The zero-order valence-electron chi connectivity index (χ0n) is 10.4. The van der Waals surface area contributed by atoms with Gasteiger partial charge in [0.2, 0.25) is 20.0 Å². The molecule has 0 saturated heterocycles. The summed E-state index contributed by atoms with van der Waals surface area (Å²) in [4.78, 5) is -0.171. The predicted molar refractivity (Wildman–Crippen MR) is 70.1 cm³/mol. The number of nitrogens with one attached hydrogen (secondary N) is 1. The molecule has 1 heterocycles. The molecule has 0 bridgehead atoms. The Morgan fingerprint density at radius 1 is 1.37 bits per heavy atom. The van der Waals surface area contributed by atoms with Crippen LogP contribution in [0.5, 0.6) is 0 Å². The SMILES string of the molecule is CCCn1cc(S(=O)(=O)NCCS(N)(=O)=O)c(N)n1. The van der Waals surface area contributed by atoms with Crippen LogP contribution in [0.1, 0.15) is 13.3 Å². The number of sulfonamides is 2. The fourth-order valence-corrected chi connectivity index (χ4v) is 2.98. The number of nitrogens with zero attached hydrogens (tertiary/aromatic N) is 2. The Bertz CT molecular complexity index is 634. The van der Waals surface area contributed by atoms with E-state index in [2.05, 4.69) is 9.82 Å². The number of rotatable bonds is 7. The summed E-state index contributed by atoms with van der Waals surface area (Å²) < 4.78 is 48.7. The number of aryl methyl sites for hydroxylation is 1. The van der Waals surface area contributed by atoms with E-state index in [4.69, 9.17) is 10.9 Å². The molecule has 0 aliphatic heterocycles. The van der Waals surface area contributed by atoms with Crippen LogP contribution in [0.15, 0.2) is 11.1 Å². The summed E-state index contributed by atoms with van der Waals surface area (Å²) in [6.45, 7) is 2.13. The Morgan fingerprint density at radius 3 is 2.53 bits per heavy atom. The van der Waals surface area contributed by atoms with Gasteiger partial charge >= 0.3 is 0 Å². The van der Waals surface area contributed by atoms with Gasteiger partial charge in [0.15, 0.2) is 5.82 Å². The number of nitrogens with two attached hydrogens (primary N) is 2. The van der Waals surface area contributed by atoms with Crippen LogP contribution in [0.4, 0.5) is 5.82 Å². The summed E-state index contributed by atoms with van der Waals surface area (Å²) in [7, 11) is -7.61. The van der Waals surface area contributed by atoms with Crippen LogP contribution in [0.2, 0.25) is 0 Å². The minimum Gasteiger partial charge on any atom is -0.381 e. The molecule has 0 spiro atoms. The van der Waals surface area contributed by atoms with E-state index in [1.165, 1.54) is 10.9 Å². The number of hydrogen-bond acceptors (Lipinski definition) is 6. The third-order valence-electron chi connectivity index (χ3n) is 2.18. The standard InChI is InChI=1S/C8H17N5O4S2/c1-2-4-13-6-7(8(9)12-13)19(16,17)11-3-5-18(10,14)15/h6,11H,2-5H2,1H3,(H2,9,12)(H2,10,14,15). The minimum atomic E-state index is -3.89. The first-order valence-electron chi connectivity index (χ1n) is 5.49. The van der Waals surface area contributed by atoms with Gasteiger partial charge in [-0.1, -0.05) is 6.92 Å². The van der Waals surface area contributed by atoms with Gasteiger partial charge in [0.1, 0.15) is 4.90 Å². The molecular weight excluding hydrogens is 294 g/mol. The van der Waals surface area contributed by atoms with E-state index >= 15 is 0 Å². The van der Waals surface area contributed by atoms with Crippen molar-refractivity contribution < 1.29 is 16.8 Å². The summed E-state index contributed by atoms with van der Waals surface area (Å²) in [6.07, 6.45) is 2.08. The molecule has 9 nitrogen and oxygen atoms in total. The third kappa shape index (κ3) is 4.78. The van der Waals surface area contributed by atoms with E-state index < -0.39 is 25.8 Å². The highest BCUT2D eigenvalue weighted by molar-refractivity contribution is 7.90. The van der Waals surface area contributed by atoms with Gasteiger partial charge in [-0.2, -0.15) is 5.10 Å². The van der Waals surface area contributed by atoms with Crippen LogP contribution in [0, 0.1) is 0 Å². The molecule has 110 valence electrons. The van der Waals surface area contributed by atoms with Gasteiger partial charge in [0.05, 0.1) is 5.75 Å². The van der Waals surface area contributed by atoms with Gasteiger partial charge in [-0.15, -0.1) is 0 Å². The predicted octanol–water partition coefficient (Wildman–Crippen LogP) is -1.56. The average molecular weight is 311 g/mol. The van der Waals surface area contributed by atoms with Gasteiger partial charge in [0.25, 0.3) is 0 Å². The van der Waals surface area contributed by atoms with Crippen molar-refractivity contribution in [1.82, 2.24) is 14.5 Å².